The van der Waals surface area contributed by atoms with Crippen LogP contribution < -0.4 is 15.7 Å². The van der Waals surface area contributed by atoms with Gasteiger partial charge in [0.2, 0.25) is 0 Å². The lowest BCUT2D eigenvalue weighted by molar-refractivity contribution is 0.0499. The van der Waals surface area contributed by atoms with E-state index in [9.17, 15) is 4.79 Å². The summed E-state index contributed by atoms with van der Waals surface area (Å²) in [6, 6.07) is 11.8. The Labute approximate surface area is 166 Å². The summed E-state index contributed by atoms with van der Waals surface area (Å²) in [6.07, 6.45) is 1.75. The molecule has 2 aliphatic heterocycles. The Morgan fingerprint density at radius 2 is 2.00 bits per heavy atom. The summed E-state index contributed by atoms with van der Waals surface area (Å²) >= 11 is 7.12. The average molecular weight is 406 g/mol. The molecule has 8 heteroatoms. The second-order valence-corrected chi connectivity index (χ2v) is 8.01. The molecule has 4 rings (SSSR count). The van der Waals surface area contributed by atoms with Gasteiger partial charge >= 0.3 is 0 Å². The molecule has 2 aliphatic rings. The summed E-state index contributed by atoms with van der Waals surface area (Å²) in [7, 11) is 0. The fourth-order valence-corrected chi connectivity index (χ4v) is 4.00. The Bertz CT molecular complexity index is 831. The number of hydroxylamine groups is 1. The van der Waals surface area contributed by atoms with Crippen molar-refractivity contribution in [2.45, 2.75) is 6.10 Å². The van der Waals surface area contributed by atoms with E-state index in [-0.39, 0.29) is 12.0 Å². The van der Waals surface area contributed by atoms with E-state index in [2.05, 4.69) is 40.0 Å². The Kier molecular flexibility index (Phi) is 5.63. The SMILES string of the molecule is O=C(NCC1C=C(c2ccc(N3CCOCC3)cc2)NO1)c1ccc(Cl)s1. The lowest BCUT2D eigenvalue weighted by Gasteiger charge is -2.28. The second-order valence-electron chi connectivity index (χ2n) is 6.30. The minimum atomic E-state index is -0.224. The maximum absolute atomic E-state index is 12.1. The van der Waals surface area contributed by atoms with E-state index >= 15 is 0 Å². The maximum atomic E-state index is 12.1. The first kappa shape index (κ1) is 18.3. The van der Waals surface area contributed by atoms with Crippen molar-refractivity contribution in [3.63, 3.8) is 0 Å². The predicted molar refractivity (Wildman–Crippen MR) is 107 cm³/mol. The summed E-state index contributed by atoms with van der Waals surface area (Å²) in [6.45, 7) is 3.76. The number of nitrogens with one attached hydrogen (secondary N) is 2. The number of hydrogen-bond acceptors (Lipinski definition) is 6. The van der Waals surface area contributed by atoms with Crippen molar-refractivity contribution < 1.29 is 14.4 Å². The molecular weight excluding hydrogens is 386 g/mol. The van der Waals surface area contributed by atoms with Crippen LogP contribution in [0.2, 0.25) is 4.34 Å². The fourth-order valence-electron chi connectivity index (χ4n) is 3.04. The smallest absolute Gasteiger partial charge is 0.261 e. The van der Waals surface area contributed by atoms with Crippen LogP contribution >= 0.6 is 22.9 Å². The van der Waals surface area contributed by atoms with Crippen molar-refractivity contribution >= 4 is 40.2 Å². The third-order valence-electron chi connectivity index (χ3n) is 4.49. The number of benzene rings is 1. The first-order valence-electron chi connectivity index (χ1n) is 8.79. The number of anilines is 1. The molecule has 1 fully saturated rings. The topological polar surface area (TPSA) is 62.8 Å². The third kappa shape index (κ3) is 4.44. The summed E-state index contributed by atoms with van der Waals surface area (Å²) in [5.41, 5.74) is 6.09. The van der Waals surface area contributed by atoms with Crippen molar-refractivity contribution in [1.82, 2.24) is 10.8 Å². The molecule has 6 nitrogen and oxygen atoms in total. The Morgan fingerprint density at radius 1 is 1.22 bits per heavy atom. The zero-order valence-corrected chi connectivity index (χ0v) is 16.2. The minimum Gasteiger partial charge on any atom is -0.378 e. The van der Waals surface area contributed by atoms with Crippen LogP contribution in [-0.4, -0.2) is 44.9 Å². The number of ether oxygens (including phenoxy) is 1. The van der Waals surface area contributed by atoms with Gasteiger partial charge in [-0.2, -0.15) is 0 Å². The molecule has 0 spiro atoms. The lowest BCUT2D eigenvalue weighted by Crippen LogP contribution is -2.36. The Morgan fingerprint density at radius 3 is 2.70 bits per heavy atom. The normalized spacial score (nSPS) is 19.5. The van der Waals surface area contributed by atoms with E-state index in [0.29, 0.717) is 15.8 Å². The van der Waals surface area contributed by atoms with Crippen LogP contribution in [0.5, 0.6) is 0 Å². The monoisotopic (exact) mass is 405 g/mol. The summed E-state index contributed by atoms with van der Waals surface area (Å²) in [4.78, 5) is 20.5. The number of thiophene rings is 1. The fraction of sp³-hybridized carbons (Fsp3) is 0.316. The summed E-state index contributed by atoms with van der Waals surface area (Å²) in [5.74, 6) is -0.146. The van der Waals surface area contributed by atoms with Crippen molar-refractivity contribution in [3.05, 3.63) is 57.3 Å². The molecule has 2 aromatic rings. The number of halogens is 1. The van der Waals surface area contributed by atoms with Gasteiger partial charge in [0.1, 0.15) is 6.10 Å². The molecular formula is C19H20ClN3O3S. The van der Waals surface area contributed by atoms with Crippen molar-refractivity contribution in [1.29, 1.82) is 0 Å². The van der Waals surface area contributed by atoms with E-state index < -0.39 is 0 Å². The van der Waals surface area contributed by atoms with Crippen LogP contribution in [0.3, 0.4) is 0 Å². The quantitative estimate of drug-likeness (QED) is 0.800. The second kappa shape index (κ2) is 8.31. The zero-order chi connectivity index (χ0) is 18.6. The number of carbonyl (C=O) groups is 1. The average Bonchev–Trinajstić information content (AvgIpc) is 3.36. The van der Waals surface area contributed by atoms with Gasteiger partial charge in [0.25, 0.3) is 5.91 Å². The molecule has 27 heavy (non-hydrogen) atoms. The van der Waals surface area contributed by atoms with Gasteiger partial charge in [-0.1, -0.05) is 23.7 Å². The van der Waals surface area contributed by atoms with Crippen LogP contribution in [0.25, 0.3) is 5.70 Å². The number of carbonyl (C=O) groups excluding carboxylic acids is 1. The molecule has 2 N–H and O–H groups in total. The third-order valence-corrected chi connectivity index (χ3v) is 5.72. The highest BCUT2D eigenvalue weighted by molar-refractivity contribution is 7.17. The highest BCUT2D eigenvalue weighted by Gasteiger charge is 2.19. The summed E-state index contributed by atoms with van der Waals surface area (Å²) < 4.78 is 5.99. The molecule has 1 aromatic heterocycles. The van der Waals surface area contributed by atoms with Gasteiger partial charge in [0.05, 0.1) is 34.7 Å². The van der Waals surface area contributed by atoms with Gasteiger partial charge in [-0.3, -0.25) is 15.1 Å². The molecule has 142 valence electrons. The van der Waals surface area contributed by atoms with E-state index in [0.717, 1.165) is 37.6 Å². The lowest BCUT2D eigenvalue weighted by atomic mass is 10.1. The minimum absolute atomic E-state index is 0.146. The van der Waals surface area contributed by atoms with Crippen LogP contribution in [0.4, 0.5) is 5.69 Å². The molecule has 1 atom stereocenters. The predicted octanol–water partition coefficient (Wildman–Crippen LogP) is 2.91. The number of nitrogens with zero attached hydrogens (tertiary/aromatic N) is 1. The molecule has 3 heterocycles. The van der Waals surface area contributed by atoms with Gasteiger partial charge in [-0.05, 0) is 35.9 Å². The van der Waals surface area contributed by atoms with Gasteiger partial charge in [-0.15, -0.1) is 11.3 Å². The first-order valence-corrected chi connectivity index (χ1v) is 9.98. The largest absolute Gasteiger partial charge is 0.378 e. The molecule has 0 saturated carbocycles. The molecule has 1 unspecified atom stereocenters. The number of morpholine rings is 1. The van der Waals surface area contributed by atoms with Crippen LogP contribution in [0, 0.1) is 0 Å². The molecule has 1 amide bonds. The molecule has 1 aromatic carbocycles. The number of amides is 1. The van der Waals surface area contributed by atoms with Crippen molar-refractivity contribution in [2.24, 2.45) is 0 Å². The zero-order valence-electron chi connectivity index (χ0n) is 14.6. The van der Waals surface area contributed by atoms with Gasteiger partial charge < -0.3 is 15.0 Å². The van der Waals surface area contributed by atoms with Crippen molar-refractivity contribution in [2.75, 3.05) is 37.7 Å². The number of hydrogen-bond donors (Lipinski definition) is 2. The number of rotatable bonds is 5. The highest BCUT2D eigenvalue weighted by atomic mass is 35.5. The molecule has 0 radical (unpaired) electrons. The Hall–Kier alpha value is -2.06. The van der Waals surface area contributed by atoms with Gasteiger partial charge in [0.15, 0.2) is 0 Å². The van der Waals surface area contributed by atoms with E-state index in [4.69, 9.17) is 21.2 Å². The van der Waals surface area contributed by atoms with E-state index in [1.165, 1.54) is 17.0 Å². The molecule has 0 bridgehead atoms. The maximum Gasteiger partial charge on any atom is 0.261 e. The summed E-state index contributed by atoms with van der Waals surface area (Å²) in [5, 5.41) is 2.86. The van der Waals surface area contributed by atoms with Gasteiger partial charge in [-0.25, -0.2) is 0 Å². The highest BCUT2D eigenvalue weighted by Crippen LogP contribution is 2.23. The first-order chi connectivity index (χ1) is 13.2. The van der Waals surface area contributed by atoms with E-state index in [1.807, 2.05) is 6.08 Å². The van der Waals surface area contributed by atoms with Crippen molar-refractivity contribution in [3.8, 4) is 0 Å². The Balaban J connectivity index is 1.33. The standard InChI is InChI=1S/C19H20ClN3O3S/c20-18-6-5-17(27-18)19(24)21-12-15-11-16(22-26-15)13-1-3-14(4-2-13)23-7-9-25-10-8-23/h1-6,11,15,22H,7-10,12H2,(H,21,24). The molecule has 0 aliphatic carbocycles. The van der Waals surface area contributed by atoms with Gasteiger partial charge in [0, 0.05) is 18.8 Å². The van der Waals surface area contributed by atoms with Crippen LogP contribution in [-0.2, 0) is 9.57 Å². The molecule has 1 saturated heterocycles. The van der Waals surface area contributed by atoms with E-state index in [1.54, 1.807) is 12.1 Å². The van der Waals surface area contributed by atoms with Crippen LogP contribution in [0.15, 0.2) is 42.5 Å². The van der Waals surface area contributed by atoms with Crippen LogP contribution in [0.1, 0.15) is 15.2 Å².